The lowest BCUT2D eigenvalue weighted by molar-refractivity contribution is 0.1000. The van der Waals surface area contributed by atoms with Crippen molar-refractivity contribution in [3.05, 3.63) is 53.7 Å². The van der Waals surface area contributed by atoms with Gasteiger partial charge in [-0.15, -0.1) is 0 Å². The molecule has 17 heavy (non-hydrogen) atoms. The number of aromatic nitrogens is 1. The molecule has 0 aliphatic carbocycles. The number of ether oxygens (including phenoxy) is 1. The Balaban J connectivity index is 2.13. The van der Waals surface area contributed by atoms with Crippen molar-refractivity contribution >= 4 is 5.91 Å². The first-order valence-corrected chi connectivity index (χ1v) is 5.15. The summed E-state index contributed by atoms with van der Waals surface area (Å²) in [6.45, 7) is 2.00. The van der Waals surface area contributed by atoms with Crippen LogP contribution in [0.5, 0.6) is 11.6 Å². The highest BCUT2D eigenvalue weighted by Gasteiger charge is 2.02. The molecule has 1 heterocycles. The number of aryl methyl sites for hydroxylation is 1. The molecule has 4 heteroatoms. The summed E-state index contributed by atoms with van der Waals surface area (Å²) in [6, 6.07) is 10.8. The number of carbonyl (C=O) groups excluding carboxylic acids is 1. The Morgan fingerprint density at radius 1 is 1.18 bits per heavy atom. The van der Waals surface area contributed by atoms with Crippen molar-refractivity contribution in [1.29, 1.82) is 0 Å². The van der Waals surface area contributed by atoms with Crippen molar-refractivity contribution in [2.24, 2.45) is 5.73 Å². The fourth-order valence-corrected chi connectivity index (χ4v) is 1.31. The standard InChI is InChI=1S/C13H12N2O2/c1-9-2-5-11(6-3-9)17-12-7-4-10(8-15-12)13(14)16/h2-8H,1H3,(H2,14,16). The van der Waals surface area contributed by atoms with Gasteiger partial charge in [0.15, 0.2) is 0 Å². The van der Waals surface area contributed by atoms with Gasteiger partial charge in [-0.05, 0) is 25.1 Å². The molecule has 2 N–H and O–H groups in total. The fraction of sp³-hybridized carbons (Fsp3) is 0.0769. The molecule has 0 unspecified atom stereocenters. The van der Waals surface area contributed by atoms with Crippen LogP contribution in [0.15, 0.2) is 42.6 Å². The van der Waals surface area contributed by atoms with Crippen molar-refractivity contribution in [2.75, 3.05) is 0 Å². The molecule has 86 valence electrons. The van der Waals surface area contributed by atoms with E-state index in [4.69, 9.17) is 10.5 Å². The lowest BCUT2D eigenvalue weighted by atomic mass is 10.2. The number of amides is 1. The third-order valence-electron chi connectivity index (χ3n) is 2.26. The summed E-state index contributed by atoms with van der Waals surface area (Å²) in [7, 11) is 0. The Kier molecular flexibility index (Phi) is 3.05. The molecule has 0 spiro atoms. The number of pyridine rings is 1. The number of carbonyl (C=O) groups is 1. The molecule has 0 radical (unpaired) electrons. The molecule has 0 atom stereocenters. The van der Waals surface area contributed by atoms with Crippen LogP contribution < -0.4 is 10.5 Å². The normalized spacial score (nSPS) is 9.94. The van der Waals surface area contributed by atoms with Crippen LogP contribution in [0.25, 0.3) is 0 Å². The van der Waals surface area contributed by atoms with E-state index in [9.17, 15) is 4.79 Å². The molecule has 0 saturated heterocycles. The van der Waals surface area contributed by atoms with E-state index >= 15 is 0 Å². The van der Waals surface area contributed by atoms with Gasteiger partial charge in [0.1, 0.15) is 5.75 Å². The van der Waals surface area contributed by atoms with Crippen molar-refractivity contribution in [1.82, 2.24) is 4.98 Å². The maximum atomic E-state index is 10.8. The maximum Gasteiger partial charge on any atom is 0.250 e. The topological polar surface area (TPSA) is 65.2 Å². The van der Waals surface area contributed by atoms with E-state index in [1.165, 1.54) is 6.20 Å². The number of hydrogen-bond acceptors (Lipinski definition) is 3. The molecular formula is C13H12N2O2. The van der Waals surface area contributed by atoms with Gasteiger partial charge in [0, 0.05) is 12.3 Å². The third kappa shape index (κ3) is 2.81. The Hall–Kier alpha value is -2.36. The molecule has 0 aliphatic heterocycles. The van der Waals surface area contributed by atoms with Crippen LogP contribution in [0.1, 0.15) is 15.9 Å². The molecule has 4 nitrogen and oxygen atoms in total. The van der Waals surface area contributed by atoms with E-state index in [-0.39, 0.29) is 0 Å². The minimum atomic E-state index is -0.501. The minimum Gasteiger partial charge on any atom is -0.439 e. The van der Waals surface area contributed by atoms with Crippen LogP contribution in [-0.2, 0) is 0 Å². The van der Waals surface area contributed by atoms with Crippen molar-refractivity contribution in [2.45, 2.75) is 6.92 Å². The van der Waals surface area contributed by atoms with Gasteiger partial charge in [-0.1, -0.05) is 17.7 Å². The monoisotopic (exact) mass is 228 g/mol. The summed E-state index contributed by atoms with van der Waals surface area (Å²) in [5.41, 5.74) is 6.64. The Labute approximate surface area is 99.1 Å². The molecule has 2 rings (SSSR count). The van der Waals surface area contributed by atoms with Crippen LogP contribution in [-0.4, -0.2) is 10.9 Å². The van der Waals surface area contributed by atoms with Crippen LogP contribution in [0.4, 0.5) is 0 Å². The van der Waals surface area contributed by atoms with Crippen LogP contribution in [0.2, 0.25) is 0 Å². The van der Waals surface area contributed by atoms with E-state index in [2.05, 4.69) is 4.98 Å². The number of primary amides is 1. The molecular weight excluding hydrogens is 216 g/mol. The summed E-state index contributed by atoms with van der Waals surface area (Å²) in [5, 5.41) is 0. The van der Waals surface area contributed by atoms with Crippen LogP contribution in [0, 0.1) is 6.92 Å². The molecule has 1 aromatic carbocycles. The van der Waals surface area contributed by atoms with E-state index in [1.807, 2.05) is 31.2 Å². The fourth-order valence-electron chi connectivity index (χ4n) is 1.31. The molecule has 0 saturated carbocycles. The number of benzene rings is 1. The SMILES string of the molecule is Cc1ccc(Oc2ccc(C(N)=O)cn2)cc1. The molecule has 0 bridgehead atoms. The molecule has 2 aromatic rings. The highest BCUT2D eigenvalue weighted by Crippen LogP contribution is 2.19. The lowest BCUT2D eigenvalue weighted by Gasteiger charge is -2.04. The van der Waals surface area contributed by atoms with E-state index < -0.39 is 5.91 Å². The smallest absolute Gasteiger partial charge is 0.250 e. The average molecular weight is 228 g/mol. The van der Waals surface area contributed by atoms with Gasteiger partial charge in [-0.2, -0.15) is 0 Å². The third-order valence-corrected chi connectivity index (χ3v) is 2.26. The second kappa shape index (κ2) is 4.65. The van der Waals surface area contributed by atoms with Crippen molar-refractivity contribution in [3.8, 4) is 11.6 Å². The van der Waals surface area contributed by atoms with Crippen molar-refractivity contribution < 1.29 is 9.53 Å². The Morgan fingerprint density at radius 3 is 2.41 bits per heavy atom. The molecule has 1 amide bonds. The summed E-state index contributed by atoms with van der Waals surface area (Å²) < 4.78 is 5.50. The lowest BCUT2D eigenvalue weighted by Crippen LogP contribution is -2.10. The summed E-state index contributed by atoms with van der Waals surface area (Å²) in [5.74, 6) is 0.633. The second-order valence-corrected chi connectivity index (χ2v) is 3.66. The van der Waals surface area contributed by atoms with Gasteiger partial charge >= 0.3 is 0 Å². The Morgan fingerprint density at radius 2 is 1.88 bits per heavy atom. The van der Waals surface area contributed by atoms with Gasteiger partial charge in [0.25, 0.3) is 0 Å². The first-order chi connectivity index (χ1) is 8.15. The van der Waals surface area contributed by atoms with Crippen LogP contribution >= 0.6 is 0 Å². The highest BCUT2D eigenvalue weighted by atomic mass is 16.5. The summed E-state index contributed by atoms with van der Waals surface area (Å²) >= 11 is 0. The van der Waals surface area contributed by atoms with Gasteiger partial charge in [-0.25, -0.2) is 4.98 Å². The molecule has 0 fully saturated rings. The number of nitrogens with zero attached hydrogens (tertiary/aromatic N) is 1. The summed E-state index contributed by atoms with van der Waals surface area (Å²) in [6.07, 6.45) is 1.39. The van der Waals surface area contributed by atoms with Gasteiger partial charge in [-0.3, -0.25) is 4.79 Å². The number of hydrogen-bond donors (Lipinski definition) is 1. The predicted molar refractivity (Wildman–Crippen MR) is 64.0 cm³/mol. The minimum absolute atomic E-state index is 0.362. The van der Waals surface area contributed by atoms with E-state index in [0.29, 0.717) is 17.2 Å². The maximum absolute atomic E-state index is 10.8. The van der Waals surface area contributed by atoms with Gasteiger partial charge in [0.05, 0.1) is 5.56 Å². The quantitative estimate of drug-likeness (QED) is 0.876. The second-order valence-electron chi connectivity index (χ2n) is 3.66. The molecule has 1 aromatic heterocycles. The Bertz CT molecular complexity index is 518. The van der Waals surface area contributed by atoms with Gasteiger partial charge < -0.3 is 10.5 Å². The van der Waals surface area contributed by atoms with Crippen LogP contribution in [0.3, 0.4) is 0 Å². The zero-order valence-electron chi connectivity index (χ0n) is 9.38. The van der Waals surface area contributed by atoms with Gasteiger partial charge in [0.2, 0.25) is 11.8 Å². The zero-order valence-corrected chi connectivity index (χ0v) is 9.38. The van der Waals surface area contributed by atoms with E-state index in [0.717, 1.165) is 5.56 Å². The average Bonchev–Trinajstić information content (AvgIpc) is 2.33. The zero-order chi connectivity index (χ0) is 12.3. The van der Waals surface area contributed by atoms with Crippen molar-refractivity contribution in [3.63, 3.8) is 0 Å². The summed E-state index contributed by atoms with van der Waals surface area (Å²) in [4.78, 5) is 14.8. The number of nitrogens with two attached hydrogens (primary N) is 1. The number of rotatable bonds is 3. The van der Waals surface area contributed by atoms with E-state index in [1.54, 1.807) is 12.1 Å². The first kappa shape index (κ1) is 11.1. The first-order valence-electron chi connectivity index (χ1n) is 5.15. The highest BCUT2D eigenvalue weighted by molar-refractivity contribution is 5.92. The largest absolute Gasteiger partial charge is 0.439 e. The predicted octanol–water partition coefficient (Wildman–Crippen LogP) is 2.28. The molecule has 0 aliphatic rings.